The van der Waals surface area contributed by atoms with Gasteiger partial charge < -0.3 is 14.7 Å². The van der Waals surface area contributed by atoms with Gasteiger partial charge in [0.2, 0.25) is 11.8 Å². The molecule has 19 heavy (non-hydrogen) atoms. The summed E-state index contributed by atoms with van der Waals surface area (Å²) in [7, 11) is 0. The Morgan fingerprint density at radius 2 is 2.11 bits per heavy atom. The third kappa shape index (κ3) is 4.73. The monoisotopic (exact) mass is 267 g/mol. The number of ether oxygens (including phenoxy) is 1. The lowest BCUT2D eigenvalue weighted by Gasteiger charge is -2.34. The summed E-state index contributed by atoms with van der Waals surface area (Å²) in [5.74, 6) is -0.124. The summed E-state index contributed by atoms with van der Waals surface area (Å²) < 4.78 is 5.50. The SMILES string of the molecule is CC(C)Oc1ccnc(N(CC(=O)O)C(C)(C)C)n1. The number of nitrogens with zero attached hydrogens (tertiary/aromatic N) is 3. The highest BCUT2D eigenvalue weighted by Crippen LogP contribution is 2.21. The molecule has 1 N–H and O–H groups in total. The predicted octanol–water partition coefficient (Wildman–Crippen LogP) is 1.95. The molecule has 6 heteroatoms. The van der Waals surface area contributed by atoms with E-state index in [1.165, 1.54) is 0 Å². The van der Waals surface area contributed by atoms with Crippen molar-refractivity contribution in [3.05, 3.63) is 12.3 Å². The number of hydrogen-bond acceptors (Lipinski definition) is 5. The van der Waals surface area contributed by atoms with Gasteiger partial charge in [-0.05, 0) is 34.6 Å². The van der Waals surface area contributed by atoms with Crippen LogP contribution in [0.3, 0.4) is 0 Å². The van der Waals surface area contributed by atoms with Crippen molar-refractivity contribution < 1.29 is 14.6 Å². The highest BCUT2D eigenvalue weighted by Gasteiger charge is 2.26. The van der Waals surface area contributed by atoms with Gasteiger partial charge in [-0.3, -0.25) is 4.79 Å². The van der Waals surface area contributed by atoms with Gasteiger partial charge >= 0.3 is 5.97 Å². The number of hydrogen-bond donors (Lipinski definition) is 1. The second kappa shape index (κ2) is 5.86. The van der Waals surface area contributed by atoms with E-state index >= 15 is 0 Å². The van der Waals surface area contributed by atoms with E-state index in [1.54, 1.807) is 17.2 Å². The van der Waals surface area contributed by atoms with Gasteiger partial charge in [-0.25, -0.2) is 4.98 Å². The number of anilines is 1. The van der Waals surface area contributed by atoms with E-state index in [-0.39, 0.29) is 12.6 Å². The Morgan fingerprint density at radius 1 is 1.47 bits per heavy atom. The van der Waals surface area contributed by atoms with E-state index in [9.17, 15) is 4.79 Å². The first-order valence-electron chi connectivity index (χ1n) is 6.19. The molecule has 6 nitrogen and oxygen atoms in total. The maximum absolute atomic E-state index is 11.0. The molecular weight excluding hydrogens is 246 g/mol. The Hall–Kier alpha value is -1.85. The van der Waals surface area contributed by atoms with Gasteiger partial charge in [0.25, 0.3) is 0 Å². The standard InChI is InChI=1S/C13H21N3O3/c1-9(2)19-10-6-7-14-12(15-10)16(8-11(17)18)13(3,4)5/h6-7,9H,8H2,1-5H3,(H,17,18). The summed E-state index contributed by atoms with van der Waals surface area (Å²) >= 11 is 0. The summed E-state index contributed by atoms with van der Waals surface area (Å²) in [6, 6.07) is 1.66. The van der Waals surface area contributed by atoms with Crippen molar-refractivity contribution in [2.45, 2.75) is 46.3 Å². The zero-order valence-corrected chi connectivity index (χ0v) is 12.0. The Balaban J connectivity index is 3.05. The topological polar surface area (TPSA) is 75.5 Å². The highest BCUT2D eigenvalue weighted by molar-refractivity contribution is 5.73. The Morgan fingerprint density at radius 3 is 2.58 bits per heavy atom. The molecule has 1 rings (SSSR count). The first-order chi connectivity index (χ1) is 8.70. The van der Waals surface area contributed by atoms with Crippen molar-refractivity contribution in [2.75, 3.05) is 11.4 Å². The molecule has 0 saturated heterocycles. The quantitative estimate of drug-likeness (QED) is 0.878. The minimum Gasteiger partial charge on any atom is -0.480 e. The minimum atomic E-state index is -0.922. The Bertz CT molecular complexity index is 441. The van der Waals surface area contributed by atoms with Gasteiger partial charge in [0.05, 0.1) is 6.10 Å². The van der Waals surface area contributed by atoms with E-state index in [4.69, 9.17) is 9.84 Å². The number of rotatable bonds is 5. The largest absolute Gasteiger partial charge is 0.480 e. The van der Waals surface area contributed by atoms with Crippen LogP contribution in [-0.4, -0.2) is 39.2 Å². The minimum absolute atomic E-state index is 0.00492. The van der Waals surface area contributed by atoms with Crippen molar-refractivity contribution in [3.8, 4) is 5.88 Å². The van der Waals surface area contributed by atoms with Crippen LogP contribution in [0.15, 0.2) is 12.3 Å². The van der Waals surface area contributed by atoms with E-state index < -0.39 is 11.5 Å². The van der Waals surface area contributed by atoms with Gasteiger partial charge in [0.15, 0.2) is 0 Å². The Kier molecular flexibility index (Phi) is 4.69. The molecule has 0 unspecified atom stereocenters. The van der Waals surface area contributed by atoms with Crippen LogP contribution in [0.1, 0.15) is 34.6 Å². The summed E-state index contributed by atoms with van der Waals surface area (Å²) in [6.45, 7) is 9.38. The first kappa shape index (κ1) is 15.2. The van der Waals surface area contributed by atoms with Crippen LogP contribution in [-0.2, 0) is 4.79 Å². The van der Waals surface area contributed by atoms with Gasteiger partial charge in [-0.2, -0.15) is 4.98 Å². The molecule has 0 aliphatic carbocycles. The van der Waals surface area contributed by atoms with E-state index in [0.29, 0.717) is 11.8 Å². The summed E-state index contributed by atoms with van der Waals surface area (Å²) in [5.41, 5.74) is -0.394. The average Bonchev–Trinajstić information content (AvgIpc) is 2.23. The van der Waals surface area contributed by atoms with Crippen LogP contribution >= 0.6 is 0 Å². The third-order valence-electron chi connectivity index (χ3n) is 2.32. The summed E-state index contributed by atoms with van der Waals surface area (Å²) in [6.07, 6.45) is 1.57. The van der Waals surface area contributed by atoms with Gasteiger partial charge in [-0.1, -0.05) is 0 Å². The van der Waals surface area contributed by atoms with Crippen LogP contribution in [0.2, 0.25) is 0 Å². The number of carboxylic acid groups (broad SMARTS) is 1. The molecule has 0 amide bonds. The molecule has 0 aliphatic rings. The lowest BCUT2D eigenvalue weighted by molar-refractivity contribution is -0.135. The maximum atomic E-state index is 11.0. The van der Waals surface area contributed by atoms with E-state index in [1.807, 2.05) is 34.6 Å². The van der Waals surface area contributed by atoms with Crippen molar-refractivity contribution in [3.63, 3.8) is 0 Å². The second-order valence-electron chi connectivity index (χ2n) is 5.51. The first-order valence-corrected chi connectivity index (χ1v) is 6.19. The molecule has 1 aromatic rings. The molecule has 0 spiro atoms. The Labute approximate surface area is 113 Å². The molecular formula is C13H21N3O3. The molecule has 0 radical (unpaired) electrons. The lowest BCUT2D eigenvalue weighted by Crippen LogP contribution is -2.45. The normalized spacial score (nSPS) is 11.5. The second-order valence-corrected chi connectivity index (χ2v) is 5.51. The van der Waals surface area contributed by atoms with Crippen LogP contribution < -0.4 is 9.64 Å². The highest BCUT2D eigenvalue weighted by atomic mass is 16.5. The number of carboxylic acids is 1. The molecule has 0 saturated carbocycles. The fraction of sp³-hybridized carbons (Fsp3) is 0.615. The van der Waals surface area contributed by atoms with Crippen LogP contribution in [0, 0.1) is 0 Å². The van der Waals surface area contributed by atoms with Crippen LogP contribution in [0.25, 0.3) is 0 Å². The number of aromatic nitrogens is 2. The zero-order valence-electron chi connectivity index (χ0n) is 12.0. The lowest BCUT2D eigenvalue weighted by atomic mass is 10.1. The molecule has 1 aromatic heterocycles. The van der Waals surface area contributed by atoms with Crippen molar-refractivity contribution in [1.82, 2.24) is 9.97 Å². The van der Waals surface area contributed by atoms with Crippen molar-refractivity contribution in [2.24, 2.45) is 0 Å². The number of carbonyl (C=O) groups is 1. The summed E-state index contributed by atoms with van der Waals surface area (Å²) in [5, 5.41) is 8.99. The predicted molar refractivity (Wildman–Crippen MR) is 72.5 cm³/mol. The van der Waals surface area contributed by atoms with Gasteiger partial charge in [0.1, 0.15) is 6.54 Å². The molecule has 0 atom stereocenters. The zero-order chi connectivity index (χ0) is 14.6. The van der Waals surface area contributed by atoms with Crippen molar-refractivity contribution >= 4 is 11.9 Å². The molecule has 0 fully saturated rings. The molecule has 1 heterocycles. The number of aliphatic carboxylic acids is 1. The molecule has 106 valence electrons. The molecule has 0 aromatic carbocycles. The van der Waals surface area contributed by atoms with E-state index in [0.717, 1.165) is 0 Å². The fourth-order valence-corrected chi connectivity index (χ4v) is 1.51. The van der Waals surface area contributed by atoms with Gasteiger partial charge in [-0.15, -0.1) is 0 Å². The summed E-state index contributed by atoms with van der Waals surface area (Å²) in [4.78, 5) is 21.0. The smallest absolute Gasteiger partial charge is 0.323 e. The average molecular weight is 267 g/mol. The maximum Gasteiger partial charge on any atom is 0.323 e. The van der Waals surface area contributed by atoms with Crippen LogP contribution in [0.4, 0.5) is 5.95 Å². The molecule has 0 aliphatic heterocycles. The fourth-order valence-electron chi connectivity index (χ4n) is 1.51. The van der Waals surface area contributed by atoms with Crippen LogP contribution in [0.5, 0.6) is 5.88 Å². The third-order valence-corrected chi connectivity index (χ3v) is 2.32. The van der Waals surface area contributed by atoms with Gasteiger partial charge in [0, 0.05) is 17.8 Å². The van der Waals surface area contributed by atoms with Crippen molar-refractivity contribution in [1.29, 1.82) is 0 Å². The van der Waals surface area contributed by atoms with E-state index in [2.05, 4.69) is 9.97 Å². The molecule has 0 bridgehead atoms.